The van der Waals surface area contributed by atoms with Crippen molar-refractivity contribution in [1.82, 2.24) is 4.98 Å². The Kier molecular flexibility index (Phi) is 6.26. The molecule has 0 saturated heterocycles. The lowest BCUT2D eigenvalue weighted by Crippen LogP contribution is -2.09. The van der Waals surface area contributed by atoms with Gasteiger partial charge < -0.3 is 19.5 Å². The van der Waals surface area contributed by atoms with Crippen LogP contribution in [0.4, 0.5) is 21.6 Å². The Morgan fingerprint density at radius 2 is 1.85 bits per heavy atom. The number of benzene rings is 2. The first-order valence-corrected chi connectivity index (χ1v) is 10.2. The summed E-state index contributed by atoms with van der Waals surface area (Å²) in [5.74, 6) is 0.872. The van der Waals surface area contributed by atoms with Crippen molar-refractivity contribution in [3.8, 4) is 17.2 Å². The number of nitrogens with zero attached hydrogens (tertiary/aromatic N) is 2. The standard InChI is InChI=1S/C22H16Cl2FN3O5/c1-31-17-7-18(32-2)22(24)20(21(17)23)12-5-11-9-26-19(8-16(11)33-10-12)27-14-4-3-13(25)6-15(14)28(29)30/h3-9H,10H2,1-2H3,(H,26,27). The number of anilines is 2. The molecule has 8 nitrogen and oxygen atoms in total. The quantitative estimate of drug-likeness (QED) is 0.327. The van der Waals surface area contributed by atoms with E-state index in [0.717, 1.165) is 12.1 Å². The lowest BCUT2D eigenvalue weighted by molar-refractivity contribution is -0.384. The highest BCUT2D eigenvalue weighted by Gasteiger charge is 2.24. The van der Waals surface area contributed by atoms with Crippen molar-refractivity contribution in [3.05, 3.63) is 73.6 Å². The molecule has 0 radical (unpaired) electrons. The largest absolute Gasteiger partial charge is 0.495 e. The van der Waals surface area contributed by atoms with E-state index in [1.165, 1.54) is 26.5 Å². The van der Waals surface area contributed by atoms with Crippen molar-refractivity contribution in [1.29, 1.82) is 0 Å². The number of nitrogens with one attached hydrogen (secondary N) is 1. The first-order chi connectivity index (χ1) is 15.8. The van der Waals surface area contributed by atoms with Crippen LogP contribution in [0.2, 0.25) is 10.0 Å². The Balaban J connectivity index is 1.69. The Hall–Kier alpha value is -3.56. The number of methoxy groups -OCH3 is 2. The van der Waals surface area contributed by atoms with Crippen molar-refractivity contribution in [2.75, 3.05) is 26.1 Å². The molecule has 0 saturated carbocycles. The van der Waals surface area contributed by atoms with E-state index in [1.807, 2.05) is 6.08 Å². The maximum Gasteiger partial charge on any atom is 0.295 e. The van der Waals surface area contributed by atoms with Crippen LogP contribution < -0.4 is 19.5 Å². The molecular formula is C22H16Cl2FN3O5. The molecule has 0 unspecified atom stereocenters. The summed E-state index contributed by atoms with van der Waals surface area (Å²) >= 11 is 13.0. The number of pyridine rings is 1. The maximum atomic E-state index is 13.4. The monoisotopic (exact) mass is 491 g/mol. The van der Waals surface area contributed by atoms with Crippen molar-refractivity contribution >= 4 is 52.0 Å². The summed E-state index contributed by atoms with van der Waals surface area (Å²) in [6.07, 6.45) is 3.35. The lowest BCUT2D eigenvalue weighted by atomic mass is 10.0. The number of rotatable bonds is 6. The van der Waals surface area contributed by atoms with E-state index in [1.54, 1.807) is 12.1 Å². The van der Waals surface area contributed by atoms with Gasteiger partial charge in [-0.1, -0.05) is 23.2 Å². The number of halogens is 3. The van der Waals surface area contributed by atoms with E-state index in [4.69, 9.17) is 37.4 Å². The Labute approximate surface area is 197 Å². The van der Waals surface area contributed by atoms with Crippen LogP contribution in [0.5, 0.6) is 17.2 Å². The zero-order chi connectivity index (χ0) is 23.7. The zero-order valence-electron chi connectivity index (χ0n) is 17.3. The third kappa shape index (κ3) is 4.37. The van der Waals surface area contributed by atoms with Crippen molar-refractivity contribution in [2.24, 2.45) is 0 Å². The minimum absolute atomic E-state index is 0.0999. The van der Waals surface area contributed by atoms with Crippen molar-refractivity contribution in [3.63, 3.8) is 0 Å². The summed E-state index contributed by atoms with van der Waals surface area (Å²) in [6.45, 7) is 0.142. The van der Waals surface area contributed by atoms with Gasteiger partial charge in [0, 0.05) is 35.0 Å². The molecule has 1 N–H and O–H groups in total. The second kappa shape index (κ2) is 9.13. The maximum absolute atomic E-state index is 13.4. The van der Waals surface area contributed by atoms with Crippen molar-refractivity contribution < 1.29 is 23.5 Å². The number of ether oxygens (including phenoxy) is 3. The van der Waals surface area contributed by atoms with Gasteiger partial charge in [0.15, 0.2) is 0 Å². The number of hydrogen-bond donors (Lipinski definition) is 1. The molecule has 1 aliphatic rings. The van der Waals surface area contributed by atoms with Gasteiger partial charge in [0.2, 0.25) is 0 Å². The predicted octanol–water partition coefficient (Wildman–Crippen LogP) is 6.13. The molecule has 0 spiro atoms. The average Bonchev–Trinajstić information content (AvgIpc) is 2.80. The molecule has 0 bridgehead atoms. The van der Waals surface area contributed by atoms with Gasteiger partial charge in [-0.15, -0.1) is 0 Å². The van der Waals surface area contributed by atoms with Gasteiger partial charge in [-0.3, -0.25) is 10.1 Å². The molecule has 2 heterocycles. The molecular weight excluding hydrogens is 476 g/mol. The molecule has 3 aromatic rings. The Morgan fingerprint density at radius 3 is 2.48 bits per heavy atom. The molecule has 0 atom stereocenters. The molecule has 1 aliphatic heterocycles. The summed E-state index contributed by atoms with van der Waals surface area (Å²) in [5.41, 5.74) is 1.54. The highest BCUT2D eigenvalue weighted by Crippen LogP contribution is 2.45. The first-order valence-electron chi connectivity index (χ1n) is 9.47. The van der Waals surface area contributed by atoms with Crippen LogP contribution in [0, 0.1) is 15.9 Å². The normalized spacial score (nSPS) is 12.3. The molecule has 170 valence electrons. The first kappa shape index (κ1) is 22.6. The average molecular weight is 492 g/mol. The molecule has 2 aromatic carbocycles. The van der Waals surface area contributed by atoms with E-state index in [0.29, 0.717) is 49.8 Å². The van der Waals surface area contributed by atoms with Crippen LogP contribution in [0.15, 0.2) is 36.5 Å². The second-order valence-corrected chi connectivity index (χ2v) is 7.65. The van der Waals surface area contributed by atoms with Crippen LogP contribution in [-0.2, 0) is 0 Å². The number of hydrogen-bond acceptors (Lipinski definition) is 7. The number of fused-ring (bicyclic) bond motifs is 1. The van der Waals surface area contributed by atoms with E-state index in [9.17, 15) is 14.5 Å². The third-order valence-corrected chi connectivity index (χ3v) is 5.67. The minimum atomic E-state index is -0.710. The minimum Gasteiger partial charge on any atom is -0.495 e. The van der Waals surface area contributed by atoms with E-state index in [2.05, 4.69) is 10.3 Å². The fourth-order valence-electron chi connectivity index (χ4n) is 3.35. The van der Waals surface area contributed by atoms with Crippen LogP contribution >= 0.6 is 23.2 Å². The molecule has 1 aromatic heterocycles. The fourth-order valence-corrected chi connectivity index (χ4v) is 4.09. The Bertz CT molecular complexity index is 1270. The number of nitro benzene ring substituents is 1. The van der Waals surface area contributed by atoms with Gasteiger partial charge in [0.25, 0.3) is 5.69 Å². The predicted molar refractivity (Wildman–Crippen MR) is 124 cm³/mol. The lowest BCUT2D eigenvalue weighted by Gasteiger charge is -2.22. The number of nitro groups is 1. The van der Waals surface area contributed by atoms with Crippen LogP contribution in [0.3, 0.4) is 0 Å². The molecule has 4 rings (SSSR count). The smallest absolute Gasteiger partial charge is 0.295 e. The third-order valence-electron chi connectivity index (χ3n) is 4.92. The second-order valence-electron chi connectivity index (χ2n) is 6.89. The summed E-state index contributed by atoms with van der Waals surface area (Å²) in [7, 11) is 2.98. The van der Waals surface area contributed by atoms with Gasteiger partial charge in [-0.2, -0.15) is 0 Å². The molecule has 11 heteroatoms. The summed E-state index contributed by atoms with van der Waals surface area (Å²) < 4.78 is 29.9. The van der Waals surface area contributed by atoms with Gasteiger partial charge in [-0.05, 0) is 18.2 Å². The number of aromatic nitrogens is 1. The van der Waals surface area contributed by atoms with Crippen LogP contribution in [0.25, 0.3) is 11.6 Å². The van der Waals surface area contributed by atoms with Crippen molar-refractivity contribution in [2.45, 2.75) is 0 Å². The Morgan fingerprint density at radius 1 is 1.15 bits per heavy atom. The van der Waals surface area contributed by atoms with E-state index < -0.39 is 16.4 Å². The van der Waals surface area contributed by atoms with Crippen LogP contribution in [0.1, 0.15) is 11.1 Å². The fraction of sp³-hybridized carbons (Fsp3) is 0.136. The van der Waals surface area contributed by atoms with Gasteiger partial charge in [-0.25, -0.2) is 9.37 Å². The van der Waals surface area contributed by atoms with Gasteiger partial charge in [0.05, 0.1) is 35.3 Å². The SMILES string of the molecule is COc1cc(OC)c(Cl)c(C2=Cc3cnc(Nc4ccc(F)cc4[N+](=O)[O-])cc3OC2)c1Cl. The van der Waals surface area contributed by atoms with Gasteiger partial charge in [0.1, 0.15) is 41.2 Å². The molecule has 33 heavy (non-hydrogen) atoms. The van der Waals surface area contributed by atoms with E-state index >= 15 is 0 Å². The van der Waals surface area contributed by atoms with E-state index in [-0.39, 0.29) is 12.3 Å². The molecule has 0 aliphatic carbocycles. The van der Waals surface area contributed by atoms with Gasteiger partial charge >= 0.3 is 0 Å². The highest BCUT2D eigenvalue weighted by molar-refractivity contribution is 6.39. The summed E-state index contributed by atoms with van der Waals surface area (Å²) in [5, 5.41) is 14.7. The van der Waals surface area contributed by atoms with Crippen LogP contribution in [-0.4, -0.2) is 30.7 Å². The topological polar surface area (TPSA) is 95.8 Å². The summed E-state index contributed by atoms with van der Waals surface area (Å²) in [6, 6.07) is 6.41. The summed E-state index contributed by atoms with van der Waals surface area (Å²) in [4.78, 5) is 14.8. The zero-order valence-corrected chi connectivity index (χ0v) is 18.8. The molecule has 0 amide bonds. The molecule has 0 fully saturated rings. The highest BCUT2D eigenvalue weighted by atomic mass is 35.5.